The smallest absolute Gasteiger partial charge is 0.00488 e. The van der Waals surface area contributed by atoms with E-state index in [0.29, 0.717) is 0 Å². The van der Waals surface area contributed by atoms with Gasteiger partial charge < -0.3 is 5.32 Å². The molecule has 0 fully saturated rings. The Labute approximate surface area is 102 Å². The predicted molar refractivity (Wildman–Crippen MR) is 72.8 cm³/mol. The van der Waals surface area contributed by atoms with Crippen molar-refractivity contribution in [3.05, 3.63) is 12.2 Å². The molecule has 1 rings (SSSR count). The normalized spacial score (nSPS) is 25.0. The molecule has 0 radical (unpaired) electrons. The molecule has 0 aromatic carbocycles. The highest BCUT2D eigenvalue weighted by Gasteiger charge is 1.93. The van der Waals surface area contributed by atoms with E-state index >= 15 is 0 Å². The summed E-state index contributed by atoms with van der Waals surface area (Å²) in [4.78, 5) is 0. The topological polar surface area (TPSA) is 12.0 Å². The van der Waals surface area contributed by atoms with Crippen LogP contribution in [0.3, 0.4) is 0 Å². The van der Waals surface area contributed by atoms with Crippen LogP contribution < -0.4 is 5.32 Å². The van der Waals surface area contributed by atoms with Gasteiger partial charge in [-0.15, -0.1) is 0 Å². The van der Waals surface area contributed by atoms with Crippen LogP contribution in [0, 0.1) is 0 Å². The van der Waals surface area contributed by atoms with Crippen LogP contribution in [0.1, 0.15) is 70.6 Å². The maximum atomic E-state index is 3.54. The lowest BCUT2D eigenvalue weighted by atomic mass is 10.1. The Morgan fingerprint density at radius 3 is 1.62 bits per heavy atom. The van der Waals surface area contributed by atoms with E-state index in [1.165, 1.54) is 83.7 Å². The van der Waals surface area contributed by atoms with Crippen molar-refractivity contribution in [3.63, 3.8) is 0 Å². The molecule has 0 aromatic rings. The number of nitrogens with one attached hydrogen (secondary N) is 1. The minimum atomic E-state index is 1.22. The third-order valence-corrected chi connectivity index (χ3v) is 3.37. The van der Waals surface area contributed by atoms with Crippen molar-refractivity contribution in [1.82, 2.24) is 5.32 Å². The Morgan fingerprint density at radius 1 is 0.500 bits per heavy atom. The van der Waals surface area contributed by atoms with Gasteiger partial charge in [0.2, 0.25) is 0 Å². The molecule has 0 unspecified atom stereocenters. The fourth-order valence-corrected chi connectivity index (χ4v) is 2.27. The lowest BCUT2D eigenvalue weighted by Crippen LogP contribution is -2.16. The molecule has 16 heavy (non-hydrogen) atoms. The van der Waals surface area contributed by atoms with Gasteiger partial charge in [-0.3, -0.25) is 0 Å². The van der Waals surface area contributed by atoms with Crippen molar-refractivity contribution in [3.8, 4) is 0 Å². The first-order chi connectivity index (χ1) is 8.00. The first-order valence-corrected chi connectivity index (χ1v) is 7.36. The maximum Gasteiger partial charge on any atom is -0.00488 e. The van der Waals surface area contributed by atoms with E-state index in [1.54, 1.807) is 0 Å². The van der Waals surface area contributed by atoms with Crippen molar-refractivity contribution >= 4 is 0 Å². The molecule has 0 amide bonds. The Balaban J connectivity index is 2.07. The van der Waals surface area contributed by atoms with Crippen molar-refractivity contribution in [2.24, 2.45) is 0 Å². The largest absolute Gasteiger partial charge is 0.317 e. The highest BCUT2D eigenvalue weighted by atomic mass is 14.8. The molecule has 0 aliphatic carbocycles. The maximum absolute atomic E-state index is 3.54. The average molecular weight is 223 g/mol. The summed E-state index contributed by atoms with van der Waals surface area (Å²) in [6.45, 7) is 2.45. The highest BCUT2D eigenvalue weighted by molar-refractivity contribution is 4.81. The molecule has 1 heterocycles. The molecule has 1 aliphatic rings. The molecule has 94 valence electrons. The first kappa shape index (κ1) is 13.8. The second-order valence-corrected chi connectivity index (χ2v) is 4.98. The fraction of sp³-hybridized carbons (Fsp3) is 0.867. The summed E-state index contributed by atoms with van der Waals surface area (Å²) in [6.07, 6.45) is 20.0. The highest BCUT2D eigenvalue weighted by Crippen LogP contribution is 2.09. The van der Waals surface area contributed by atoms with Gasteiger partial charge in [-0.1, -0.05) is 44.3 Å². The number of allylic oxidation sites excluding steroid dienone is 2. The second kappa shape index (κ2) is 11.2. The monoisotopic (exact) mass is 223 g/mol. The van der Waals surface area contributed by atoms with E-state index in [0.717, 1.165) is 0 Å². The number of hydrogen-bond acceptors (Lipinski definition) is 1. The molecule has 1 N–H and O–H groups in total. The molecule has 0 bridgehead atoms. The van der Waals surface area contributed by atoms with Gasteiger partial charge in [-0.05, 0) is 51.6 Å². The summed E-state index contributed by atoms with van der Waals surface area (Å²) in [5.74, 6) is 0. The molecule has 0 saturated carbocycles. The summed E-state index contributed by atoms with van der Waals surface area (Å²) in [5, 5.41) is 3.54. The third-order valence-electron chi connectivity index (χ3n) is 3.37. The molecule has 0 aromatic heterocycles. The first-order valence-electron chi connectivity index (χ1n) is 7.36. The minimum absolute atomic E-state index is 1.22. The zero-order chi connectivity index (χ0) is 11.3. The molecular weight excluding hydrogens is 194 g/mol. The molecule has 1 aliphatic heterocycles. The molecule has 0 atom stereocenters. The van der Waals surface area contributed by atoms with Crippen molar-refractivity contribution < 1.29 is 0 Å². The summed E-state index contributed by atoms with van der Waals surface area (Å²) in [7, 11) is 0. The fourth-order valence-electron chi connectivity index (χ4n) is 2.27. The summed E-state index contributed by atoms with van der Waals surface area (Å²) >= 11 is 0. The summed E-state index contributed by atoms with van der Waals surface area (Å²) in [5.41, 5.74) is 0. The van der Waals surface area contributed by atoms with E-state index in [4.69, 9.17) is 0 Å². The molecule has 1 nitrogen and oxygen atoms in total. The zero-order valence-electron chi connectivity index (χ0n) is 10.8. The van der Waals surface area contributed by atoms with Crippen LogP contribution in [-0.4, -0.2) is 13.1 Å². The Kier molecular flexibility index (Phi) is 9.63. The van der Waals surface area contributed by atoms with E-state index in [-0.39, 0.29) is 0 Å². The van der Waals surface area contributed by atoms with Crippen molar-refractivity contribution in [2.75, 3.05) is 13.1 Å². The number of hydrogen-bond donors (Lipinski definition) is 1. The van der Waals surface area contributed by atoms with Crippen molar-refractivity contribution in [1.29, 1.82) is 0 Å². The second-order valence-electron chi connectivity index (χ2n) is 4.98. The van der Waals surface area contributed by atoms with Crippen LogP contribution in [0.4, 0.5) is 0 Å². The van der Waals surface area contributed by atoms with Gasteiger partial charge in [-0.25, -0.2) is 0 Å². The molecule has 0 saturated heterocycles. The predicted octanol–water partition coefficient (Wildman–Crippen LogP) is 4.44. The Hall–Kier alpha value is -0.300. The number of rotatable bonds is 0. The van der Waals surface area contributed by atoms with E-state index in [1.807, 2.05) is 0 Å². The van der Waals surface area contributed by atoms with Gasteiger partial charge in [0, 0.05) is 0 Å². The van der Waals surface area contributed by atoms with Gasteiger partial charge >= 0.3 is 0 Å². The minimum Gasteiger partial charge on any atom is -0.317 e. The third kappa shape index (κ3) is 8.96. The van der Waals surface area contributed by atoms with Gasteiger partial charge in [-0.2, -0.15) is 0 Å². The van der Waals surface area contributed by atoms with Gasteiger partial charge in [0.15, 0.2) is 0 Å². The lowest BCUT2D eigenvalue weighted by Gasteiger charge is -2.05. The van der Waals surface area contributed by atoms with Crippen LogP contribution in [0.15, 0.2) is 12.2 Å². The Morgan fingerprint density at radius 2 is 0.938 bits per heavy atom. The Bertz CT molecular complexity index is 145. The summed E-state index contributed by atoms with van der Waals surface area (Å²) < 4.78 is 0. The van der Waals surface area contributed by atoms with Crippen LogP contribution in [0.5, 0.6) is 0 Å². The molecular formula is C15H29N. The van der Waals surface area contributed by atoms with E-state index in [2.05, 4.69) is 17.5 Å². The van der Waals surface area contributed by atoms with E-state index < -0.39 is 0 Å². The summed E-state index contributed by atoms with van der Waals surface area (Å²) in [6, 6.07) is 0. The average Bonchev–Trinajstić information content (AvgIpc) is 2.29. The molecule has 1 heteroatoms. The van der Waals surface area contributed by atoms with Crippen LogP contribution in [0.2, 0.25) is 0 Å². The standard InChI is InChI=1S/C15H29N/c1-2-4-6-8-10-12-14-16-15-13-11-9-7-5-3-1/h4,6,16H,1-3,5,7-15H2/b6-4-. The van der Waals surface area contributed by atoms with Crippen LogP contribution in [0.25, 0.3) is 0 Å². The van der Waals surface area contributed by atoms with E-state index in [9.17, 15) is 0 Å². The SMILES string of the molecule is C1=C\CCCCNCCCCCCCCC/1. The van der Waals surface area contributed by atoms with Gasteiger partial charge in [0.1, 0.15) is 0 Å². The zero-order valence-corrected chi connectivity index (χ0v) is 10.8. The van der Waals surface area contributed by atoms with Crippen molar-refractivity contribution in [2.45, 2.75) is 70.6 Å². The van der Waals surface area contributed by atoms with Crippen LogP contribution >= 0.6 is 0 Å². The lowest BCUT2D eigenvalue weighted by molar-refractivity contribution is 0.548. The van der Waals surface area contributed by atoms with Gasteiger partial charge in [0.25, 0.3) is 0 Å². The van der Waals surface area contributed by atoms with Crippen LogP contribution in [-0.2, 0) is 0 Å². The van der Waals surface area contributed by atoms with Gasteiger partial charge in [0.05, 0.1) is 0 Å². The molecule has 0 spiro atoms. The quantitative estimate of drug-likeness (QED) is 0.599.